The molecule has 1 aromatic carbocycles. The lowest BCUT2D eigenvalue weighted by molar-refractivity contribution is 0.0958. The van der Waals surface area contributed by atoms with Gasteiger partial charge in [0, 0.05) is 23.9 Å². The topological polar surface area (TPSA) is 164 Å². The normalized spacial score (nSPS) is 14.3. The molecule has 152 valence electrons. The molecule has 2 heterocycles. The number of aryl methyl sites for hydroxylation is 1. The molecule has 0 aliphatic carbocycles. The number of amides is 1. The van der Waals surface area contributed by atoms with E-state index in [4.69, 9.17) is 22.0 Å². The highest BCUT2D eigenvalue weighted by Gasteiger charge is 2.25. The first-order chi connectivity index (χ1) is 13.0. The molecule has 1 aliphatic heterocycles. The van der Waals surface area contributed by atoms with Gasteiger partial charge in [-0.05, 0) is 25.0 Å². The summed E-state index contributed by atoms with van der Waals surface area (Å²) >= 11 is 6.16. The number of hydrogen-bond donors (Lipinski definition) is 4. The Bertz CT molecular complexity index is 1050. The molecule has 0 bridgehead atoms. The van der Waals surface area contributed by atoms with E-state index >= 15 is 0 Å². The smallest absolute Gasteiger partial charge is 0.273 e. The van der Waals surface area contributed by atoms with Crippen molar-refractivity contribution in [3.05, 3.63) is 28.4 Å². The number of halogens is 1. The number of ketones is 1. The fraction of sp³-hybridized carbons (Fsp3) is 0.312. The minimum Gasteiger partial charge on any atom is -0.506 e. The van der Waals surface area contributed by atoms with Crippen molar-refractivity contribution in [2.75, 3.05) is 6.26 Å². The number of hydrogen-bond acceptors (Lipinski definition) is 7. The maximum absolute atomic E-state index is 12.4. The van der Waals surface area contributed by atoms with Gasteiger partial charge in [-0.15, -0.1) is 0 Å². The Morgan fingerprint density at radius 3 is 2.64 bits per heavy atom. The van der Waals surface area contributed by atoms with Crippen LogP contribution in [-0.4, -0.2) is 46.9 Å². The summed E-state index contributed by atoms with van der Waals surface area (Å²) in [4.78, 5) is 24.6. The monoisotopic (exact) mass is 430 g/mol. The fourth-order valence-corrected chi connectivity index (χ4v) is 3.10. The highest BCUT2D eigenvalue weighted by molar-refractivity contribution is 7.85. The first-order valence-electron chi connectivity index (χ1n) is 8.07. The SMILES string of the molecule is CS(=O)(=O)O.NN=CNC(=O)c1cc2c(Cl)c(O)cc3c2n1CCCCC3=O. The number of rotatable bonds is 2. The van der Waals surface area contributed by atoms with Crippen LogP contribution in [-0.2, 0) is 16.7 Å². The van der Waals surface area contributed by atoms with Gasteiger partial charge in [-0.2, -0.15) is 13.5 Å². The Morgan fingerprint density at radius 2 is 2.04 bits per heavy atom. The van der Waals surface area contributed by atoms with Gasteiger partial charge in [0.15, 0.2) is 5.78 Å². The van der Waals surface area contributed by atoms with Crippen LogP contribution in [0.1, 0.15) is 40.1 Å². The van der Waals surface area contributed by atoms with Gasteiger partial charge < -0.3 is 20.8 Å². The predicted molar refractivity (Wildman–Crippen MR) is 104 cm³/mol. The van der Waals surface area contributed by atoms with E-state index in [2.05, 4.69) is 10.4 Å². The van der Waals surface area contributed by atoms with E-state index in [9.17, 15) is 23.1 Å². The molecule has 0 saturated heterocycles. The molecule has 0 spiro atoms. The van der Waals surface area contributed by atoms with Gasteiger partial charge in [0.2, 0.25) is 0 Å². The van der Waals surface area contributed by atoms with Gasteiger partial charge in [-0.25, -0.2) is 0 Å². The van der Waals surface area contributed by atoms with Gasteiger partial charge in [0.1, 0.15) is 17.8 Å². The molecule has 5 N–H and O–H groups in total. The van der Waals surface area contributed by atoms with Crippen LogP contribution in [0.2, 0.25) is 5.02 Å². The number of aromatic nitrogens is 1. The summed E-state index contributed by atoms with van der Waals surface area (Å²) in [6, 6.07) is 2.94. The number of carbonyl (C=O) groups is 2. The lowest BCUT2D eigenvalue weighted by Gasteiger charge is -2.16. The predicted octanol–water partition coefficient (Wildman–Crippen LogP) is 1.50. The van der Waals surface area contributed by atoms with E-state index in [1.165, 1.54) is 6.07 Å². The van der Waals surface area contributed by atoms with E-state index in [0.717, 1.165) is 12.8 Å². The molecule has 0 fully saturated rings. The third-order valence-corrected chi connectivity index (χ3v) is 4.33. The number of nitrogens with two attached hydrogens (primary N) is 1. The van der Waals surface area contributed by atoms with Crippen molar-refractivity contribution in [1.29, 1.82) is 0 Å². The number of hydrazone groups is 1. The van der Waals surface area contributed by atoms with E-state index in [1.807, 2.05) is 0 Å². The third kappa shape index (κ3) is 5.00. The quantitative estimate of drug-likeness (QED) is 0.184. The minimum absolute atomic E-state index is 0.0727. The van der Waals surface area contributed by atoms with E-state index in [1.54, 1.807) is 10.6 Å². The second-order valence-corrected chi connectivity index (χ2v) is 7.91. The second-order valence-electron chi connectivity index (χ2n) is 6.07. The van der Waals surface area contributed by atoms with Crippen molar-refractivity contribution in [3.8, 4) is 5.75 Å². The summed E-state index contributed by atoms with van der Waals surface area (Å²) < 4.78 is 27.6. The fourth-order valence-electron chi connectivity index (χ4n) is 2.91. The molecular weight excluding hydrogens is 412 g/mol. The number of phenols is 1. The lowest BCUT2D eigenvalue weighted by atomic mass is 10.0. The standard InChI is InChI=1S/C15H15ClN4O3.CH4O3S/c16-13-9-5-10(15(23)18-7-19-17)20-4-2-1-3-11(21)8(14(9)20)6-12(13)22;1-5(2,3)4/h5-7,22H,1-4,17H2,(H,18,19,23);1H3,(H,2,3,4). The molecule has 1 aliphatic rings. The Kier molecular flexibility index (Phi) is 6.65. The van der Waals surface area contributed by atoms with Crippen LogP contribution < -0.4 is 11.2 Å². The van der Waals surface area contributed by atoms with Crippen LogP contribution >= 0.6 is 11.6 Å². The van der Waals surface area contributed by atoms with Gasteiger partial charge in [0.05, 0.1) is 16.8 Å². The van der Waals surface area contributed by atoms with Gasteiger partial charge in [-0.1, -0.05) is 11.6 Å². The Hall–Kier alpha value is -2.63. The van der Waals surface area contributed by atoms with E-state index < -0.39 is 16.0 Å². The summed E-state index contributed by atoms with van der Waals surface area (Å²) in [6.45, 7) is 0.577. The average molecular weight is 431 g/mol. The van der Waals surface area contributed by atoms with Crippen LogP contribution in [0.15, 0.2) is 17.2 Å². The van der Waals surface area contributed by atoms with E-state index in [0.29, 0.717) is 47.8 Å². The van der Waals surface area contributed by atoms with Crippen molar-refractivity contribution in [2.24, 2.45) is 10.9 Å². The highest BCUT2D eigenvalue weighted by Crippen LogP contribution is 2.38. The Morgan fingerprint density at radius 1 is 1.39 bits per heavy atom. The largest absolute Gasteiger partial charge is 0.506 e. The highest BCUT2D eigenvalue weighted by atomic mass is 35.5. The number of nitrogens with one attached hydrogen (secondary N) is 1. The molecule has 0 atom stereocenters. The van der Waals surface area contributed by atoms with Gasteiger partial charge in [-0.3, -0.25) is 14.1 Å². The van der Waals surface area contributed by atoms with Crippen molar-refractivity contribution in [2.45, 2.75) is 25.8 Å². The van der Waals surface area contributed by atoms with Crippen LogP contribution in [0.5, 0.6) is 5.75 Å². The van der Waals surface area contributed by atoms with Crippen molar-refractivity contribution < 1.29 is 27.7 Å². The number of phenolic OH excluding ortho intramolecular Hbond substituents is 1. The lowest BCUT2D eigenvalue weighted by Crippen LogP contribution is -2.25. The Labute approximate surface area is 165 Å². The van der Waals surface area contributed by atoms with E-state index in [-0.39, 0.29) is 16.6 Å². The molecule has 3 rings (SSSR count). The van der Waals surface area contributed by atoms with Gasteiger partial charge in [0.25, 0.3) is 16.0 Å². The third-order valence-electron chi connectivity index (χ3n) is 3.93. The molecule has 1 amide bonds. The zero-order valence-corrected chi connectivity index (χ0v) is 16.4. The van der Waals surface area contributed by atoms with Crippen LogP contribution in [0.3, 0.4) is 0 Å². The maximum Gasteiger partial charge on any atom is 0.273 e. The first kappa shape index (κ1) is 21.7. The van der Waals surface area contributed by atoms with Crippen molar-refractivity contribution in [1.82, 2.24) is 9.88 Å². The summed E-state index contributed by atoms with van der Waals surface area (Å²) in [5.74, 6) is 4.34. The molecule has 12 heteroatoms. The number of benzene rings is 1. The molecule has 0 unspecified atom stereocenters. The Balaban J connectivity index is 0.000000500. The molecule has 2 aromatic rings. The summed E-state index contributed by atoms with van der Waals surface area (Å²) in [6.07, 6.45) is 3.68. The van der Waals surface area contributed by atoms with Crippen LogP contribution in [0.4, 0.5) is 0 Å². The molecule has 0 saturated carbocycles. The van der Waals surface area contributed by atoms with Crippen LogP contribution in [0, 0.1) is 0 Å². The molecule has 0 radical (unpaired) electrons. The summed E-state index contributed by atoms with van der Waals surface area (Å²) in [5.41, 5.74) is 1.30. The van der Waals surface area contributed by atoms with Crippen molar-refractivity contribution in [3.63, 3.8) is 0 Å². The number of aromatic hydroxyl groups is 1. The maximum atomic E-state index is 12.4. The molecule has 1 aromatic heterocycles. The van der Waals surface area contributed by atoms with Gasteiger partial charge >= 0.3 is 0 Å². The molecular formula is C16H19ClN4O6S. The zero-order valence-electron chi connectivity index (χ0n) is 14.8. The number of Topliss-reactive ketones (excluding diaryl/α,β-unsaturated/α-hetero) is 1. The first-order valence-corrected chi connectivity index (χ1v) is 10.3. The van der Waals surface area contributed by atoms with Crippen molar-refractivity contribution >= 4 is 50.7 Å². The minimum atomic E-state index is -3.67. The summed E-state index contributed by atoms with van der Waals surface area (Å²) in [7, 11) is -3.67. The zero-order chi connectivity index (χ0) is 21.1. The van der Waals surface area contributed by atoms with Crippen LogP contribution in [0.25, 0.3) is 10.9 Å². The average Bonchev–Trinajstić information content (AvgIpc) is 2.96. The number of nitrogens with zero attached hydrogens (tertiary/aromatic N) is 2. The molecule has 10 nitrogen and oxygen atoms in total. The summed E-state index contributed by atoms with van der Waals surface area (Å²) in [5, 5.41) is 16.3. The second kappa shape index (κ2) is 8.59. The number of carbonyl (C=O) groups excluding carboxylic acids is 2. The molecule has 28 heavy (non-hydrogen) atoms.